The summed E-state index contributed by atoms with van der Waals surface area (Å²) in [7, 11) is 0. The Kier molecular flexibility index (Phi) is 4.45. The third-order valence-electron chi connectivity index (χ3n) is 6.70. The van der Waals surface area contributed by atoms with Gasteiger partial charge in [0.05, 0.1) is 29.8 Å². The topological polar surface area (TPSA) is 70.0 Å². The minimum atomic E-state index is -0.893. The maximum Gasteiger partial charge on any atom is 0.240 e. The molecule has 6 nitrogen and oxygen atoms in total. The molecule has 0 radical (unpaired) electrons. The van der Waals surface area contributed by atoms with E-state index in [0.29, 0.717) is 16.3 Å². The lowest BCUT2D eigenvalue weighted by molar-refractivity contribution is -0.124. The van der Waals surface area contributed by atoms with Crippen molar-refractivity contribution < 1.29 is 14.4 Å². The van der Waals surface area contributed by atoms with Gasteiger partial charge in [-0.3, -0.25) is 19.4 Å². The van der Waals surface area contributed by atoms with Crippen LogP contribution < -0.4 is 4.90 Å². The highest BCUT2D eigenvalue weighted by Crippen LogP contribution is 2.53. The molecular formula is C26H18ClN3O3. The van der Waals surface area contributed by atoms with Crippen molar-refractivity contribution in [2.24, 2.45) is 16.9 Å². The molecule has 4 atom stereocenters. The maximum atomic E-state index is 13.7. The highest BCUT2D eigenvalue weighted by Gasteiger charge is 2.65. The number of halogens is 1. The van der Waals surface area contributed by atoms with Crippen LogP contribution in [-0.2, 0) is 9.59 Å². The standard InChI is InChI=1S/C26H18ClN3O3/c27-17-12-10-15(11-13-17)24(31)23-21-20(22-19-9-5-4-6-16(19)14-28-30(22)23)25(32)29(26(21)33)18-7-2-1-3-8-18/h1-14,20-23H/t20-,21-,22+,23+/m1/s1. The van der Waals surface area contributed by atoms with Crippen molar-refractivity contribution in [2.75, 3.05) is 4.90 Å². The summed E-state index contributed by atoms with van der Waals surface area (Å²) in [5, 5.41) is 6.74. The van der Waals surface area contributed by atoms with Gasteiger partial charge in [0.2, 0.25) is 11.8 Å². The lowest BCUT2D eigenvalue weighted by Gasteiger charge is -2.33. The monoisotopic (exact) mass is 455 g/mol. The number of carbonyl (C=O) groups excluding carboxylic acids is 3. The van der Waals surface area contributed by atoms with E-state index in [2.05, 4.69) is 5.10 Å². The number of anilines is 1. The van der Waals surface area contributed by atoms with Gasteiger partial charge in [0.25, 0.3) is 0 Å². The maximum absolute atomic E-state index is 13.7. The molecule has 2 saturated heterocycles. The van der Waals surface area contributed by atoms with Gasteiger partial charge in [-0.05, 0) is 47.5 Å². The molecule has 0 aliphatic carbocycles. The zero-order chi connectivity index (χ0) is 22.7. The molecule has 3 aromatic carbocycles. The molecule has 3 heterocycles. The predicted molar refractivity (Wildman–Crippen MR) is 124 cm³/mol. The SMILES string of the molecule is O=C(c1ccc(Cl)cc1)[C@@H]1[C@@H]2C(=O)N(c3ccccc3)C(=O)[C@H]2[C@@H]2c3ccccc3C=NN12. The van der Waals surface area contributed by atoms with Crippen LogP contribution >= 0.6 is 11.6 Å². The molecule has 0 unspecified atom stereocenters. The van der Waals surface area contributed by atoms with Crippen LogP contribution in [-0.4, -0.2) is 34.9 Å². The zero-order valence-electron chi connectivity index (χ0n) is 17.3. The number of ketones is 1. The summed E-state index contributed by atoms with van der Waals surface area (Å²) in [4.78, 5) is 42.4. The van der Waals surface area contributed by atoms with Crippen LogP contribution in [0.1, 0.15) is 27.5 Å². The number of amides is 2. The Morgan fingerprint density at radius 3 is 2.24 bits per heavy atom. The second-order valence-corrected chi connectivity index (χ2v) is 8.85. The molecule has 6 rings (SSSR count). The van der Waals surface area contributed by atoms with E-state index < -0.39 is 23.9 Å². The molecule has 0 saturated carbocycles. The Balaban J connectivity index is 1.50. The van der Waals surface area contributed by atoms with Crippen molar-refractivity contribution in [3.05, 3.63) is 101 Å². The number of hydrogen-bond donors (Lipinski definition) is 0. The average Bonchev–Trinajstić information content (AvgIpc) is 3.32. The number of para-hydroxylation sites is 1. The van der Waals surface area contributed by atoms with Gasteiger partial charge in [-0.2, -0.15) is 5.10 Å². The summed E-state index contributed by atoms with van der Waals surface area (Å²) in [5.74, 6) is -2.47. The van der Waals surface area contributed by atoms with E-state index in [4.69, 9.17) is 11.6 Å². The Bertz CT molecular complexity index is 1320. The van der Waals surface area contributed by atoms with Crippen molar-refractivity contribution in [2.45, 2.75) is 12.1 Å². The second kappa shape index (κ2) is 7.39. The van der Waals surface area contributed by atoms with Crippen molar-refractivity contribution in [1.29, 1.82) is 0 Å². The molecule has 3 aliphatic rings. The number of Topliss-reactive ketones (excluding diaryl/α,β-unsaturated/α-hetero) is 1. The molecule has 7 heteroatoms. The fourth-order valence-electron chi connectivity index (χ4n) is 5.28. The van der Waals surface area contributed by atoms with E-state index in [9.17, 15) is 14.4 Å². The number of carbonyl (C=O) groups is 3. The van der Waals surface area contributed by atoms with Crippen LogP contribution in [0.25, 0.3) is 0 Å². The Morgan fingerprint density at radius 2 is 1.48 bits per heavy atom. The molecule has 0 aromatic heterocycles. The van der Waals surface area contributed by atoms with E-state index in [1.54, 1.807) is 59.8 Å². The lowest BCUT2D eigenvalue weighted by Crippen LogP contribution is -2.44. The van der Waals surface area contributed by atoms with Crippen molar-refractivity contribution >= 4 is 41.1 Å². The second-order valence-electron chi connectivity index (χ2n) is 8.41. The first-order valence-electron chi connectivity index (χ1n) is 10.7. The molecule has 3 aliphatic heterocycles. The summed E-state index contributed by atoms with van der Waals surface area (Å²) in [6.45, 7) is 0. The van der Waals surface area contributed by atoms with Crippen LogP contribution in [0.3, 0.4) is 0 Å². The van der Waals surface area contributed by atoms with Gasteiger partial charge in [0, 0.05) is 10.6 Å². The van der Waals surface area contributed by atoms with Crippen molar-refractivity contribution in [3.8, 4) is 0 Å². The number of hydrogen-bond acceptors (Lipinski definition) is 5. The summed E-state index contributed by atoms with van der Waals surface area (Å²) in [5.41, 5.74) is 2.72. The summed E-state index contributed by atoms with van der Waals surface area (Å²) in [6, 6.07) is 21.7. The minimum Gasteiger partial charge on any atom is -0.292 e. The van der Waals surface area contributed by atoms with Crippen molar-refractivity contribution in [3.63, 3.8) is 0 Å². The zero-order valence-corrected chi connectivity index (χ0v) is 18.1. The lowest BCUT2D eigenvalue weighted by atomic mass is 9.83. The van der Waals surface area contributed by atoms with Crippen LogP contribution in [0, 0.1) is 11.8 Å². The average molecular weight is 456 g/mol. The third kappa shape index (κ3) is 2.87. The molecule has 0 N–H and O–H groups in total. The van der Waals surface area contributed by atoms with Gasteiger partial charge in [0.15, 0.2) is 5.78 Å². The fraction of sp³-hybridized carbons (Fsp3) is 0.154. The van der Waals surface area contributed by atoms with Crippen LogP contribution in [0.5, 0.6) is 0 Å². The van der Waals surface area contributed by atoms with E-state index in [1.165, 1.54) is 4.90 Å². The van der Waals surface area contributed by atoms with E-state index in [0.717, 1.165) is 11.1 Å². The minimum absolute atomic E-state index is 0.253. The summed E-state index contributed by atoms with van der Waals surface area (Å²) >= 11 is 6.01. The van der Waals surface area contributed by atoms with Crippen LogP contribution in [0.15, 0.2) is 84.0 Å². The molecule has 33 heavy (non-hydrogen) atoms. The van der Waals surface area contributed by atoms with Gasteiger partial charge in [0.1, 0.15) is 6.04 Å². The Labute approximate surface area is 195 Å². The molecule has 3 aromatic rings. The molecule has 0 bridgehead atoms. The number of fused-ring (bicyclic) bond motifs is 5. The number of rotatable bonds is 3. The molecule has 2 amide bonds. The van der Waals surface area contributed by atoms with Gasteiger partial charge >= 0.3 is 0 Å². The number of nitrogens with zero attached hydrogens (tertiary/aromatic N) is 3. The van der Waals surface area contributed by atoms with E-state index in [-0.39, 0.29) is 17.6 Å². The van der Waals surface area contributed by atoms with Gasteiger partial charge in [-0.1, -0.05) is 54.1 Å². The smallest absolute Gasteiger partial charge is 0.240 e. The first-order chi connectivity index (χ1) is 16.1. The number of hydrazone groups is 1. The molecule has 162 valence electrons. The van der Waals surface area contributed by atoms with E-state index in [1.807, 2.05) is 30.3 Å². The van der Waals surface area contributed by atoms with Gasteiger partial charge in [-0.25, -0.2) is 4.90 Å². The largest absolute Gasteiger partial charge is 0.292 e. The highest BCUT2D eigenvalue weighted by atomic mass is 35.5. The fourth-order valence-corrected chi connectivity index (χ4v) is 5.41. The van der Waals surface area contributed by atoms with Gasteiger partial charge < -0.3 is 0 Å². The number of benzene rings is 3. The number of imide groups is 1. The molecule has 2 fully saturated rings. The van der Waals surface area contributed by atoms with E-state index >= 15 is 0 Å². The quantitative estimate of drug-likeness (QED) is 0.440. The predicted octanol–water partition coefficient (Wildman–Crippen LogP) is 4.10. The summed E-state index contributed by atoms with van der Waals surface area (Å²) < 4.78 is 0. The first kappa shape index (κ1) is 19.9. The summed E-state index contributed by atoms with van der Waals surface area (Å²) in [6.07, 6.45) is 1.69. The molecular weight excluding hydrogens is 438 g/mol. The molecule has 0 spiro atoms. The normalized spacial score (nSPS) is 25.1. The van der Waals surface area contributed by atoms with Crippen LogP contribution in [0.4, 0.5) is 5.69 Å². The first-order valence-corrected chi connectivity index (χ1v) is 11.1. The van der Waals surface area contributed by atoms with Gasteiger partial charge in [-0.15, -0.1) is 0 Å². The van der Waals surface area contributed by atoms with Crippen LogP contribution in [0.2, 0.25) is 5.02 Å². The van der Waals surface area contributed by atoms with Crippen molar-refractivity contribution in [1.82, 2.24) is 5.01 Å². The Morgan fingerprint density at radius 1 is 0.818 bits per heavy atom. The Hall–Kier alpha value is -3.77. The highest BCUT2D eigenvalue weighted by molar-refractivity contribution is 6.30. The third-order valence-corrected chi connectivity index (χ3v) is 6.96.